The first kappa shape index (κ1) is 13.6. The maximum atomic E-state index is 5.36. The summed E-state index contributed by atoms with van der Waals surface area (Å²) in [4.78, 5) is 4.50. The van der Waals surface area contributed by atoms with Crippen LogP contribution in [0.15, 0.2) is 77.8 Å². The van der Waals surface area contributed by atoms with Crippen molar-refractivity contribution >= 4 is 11.9 Å². The summed E-state index contributed by atoms with van der Waals surface area (Å²) in [6.07, 6.45) is 1.85. The number of rotatable bonds is 3. The minimum atomic E-state index is 0.281. The minimum absolute atomic E-state index is 0.281. The molecule has 0 spiro atoms. The van der Waals surface area contributed by atoms with Crippen LogP contribution in [0.2, 0.25) is 0 Å². The van der Waals surface area contributed by atoms with Crippen molar-refractivity contribution in [1.82, 2.24) is 0 Å². The summed E-state index contributed by atoms with van der Waals surface area (Å²) in [6.45, 7) is 0.281. The van der Waals surface area contributed by atoms with Crippen molar-refractivity contribution in [2.45, 2.75) is 0 Å². The van der Waals surface area contributed by atoms with Crippen molar-refractivity contribution in [3.8, 4) is 22.6 Å². The summed E-state index contributed by atoms with van der Waals surface area (Å²) in [5.74, 6) is 1.52. The van der Waals surface area contributed by atoms with E-state index in [-0.39, 0.29) is 6.79 Å². The Morgan fingerprint density at radius 1 is 0.739 bits per heavy atom. The van der Waals surface area contributed by atoms with Crippen LogP contribution in [-0.4, -0.2) is 13.0 Å². The van der Waals surface area contributed by atoms with Gasteiger partial charge in [-0.2, -0.15) is 0 Å². The highest BCUT2D eigenvalue weighted by molar-refractivity contribution is 5.83. The van der Waals surface area contributed by atoms with Crippen LogP contribution in [0.3, 0.4) is 0 Å². The molecule has 0 atom stereocenters. The molecule has 3 heteroatoms. The van der Waals surface area contributed by atoms with Crippen molar-refractivity contribution in [2.75, 3.05) is 6.79 Å². The Kier molecular flexibility index (Phi) is 3.53. The monoisotopic (exact) mass is 301 g/mol. The van der Waals surface area contributed by atoms with E-state index in [0.29, 0.717) is 0 Å². The summed E-state index contributed by atoms with van der Waals surface area (Å²) in [5, 5.41) is 0. The zero-order valence-corrected chi connectivity index (χ0v) is 12.5. The molecule has 0 saturated heterocycles. The van der Waals surface area contributed by atoms with Gasteiger partial charge >= 0.3 is 0 Å². The normalized spacial score (nSPS) is 12.7. The van der Waals surface area contributed by atoms with Crippen molar-refractivity contribution in [3.63, 3.8) is 0 Å². The third kappa shape index (κ3) is 2.94. The second-order valence-electron chi connectivity index (χ2n) is 5.28. The molecule has 0 fully saturated rings. The van der Waals surface area contributed by atoms with Crippen molar-refractivity contribution in [3.05, 3.63) is 78.4 Å². The van der Waals surface area contributed by atoms with Gasteiger partial charge in [0.2, 0.25) is 6.79 Å². The predicted molar refractivity (Wildman–Crippen MR) is 91.7 cm³/mol. The van der Waals surface area contributed by atoms with Crippen LogP contribution in [0.25, 0.3) is 11.1 Å². The second kappa shape index (κ2) is 5.97. The molecule has 112 valence electrons. The largest absolute Gasteiger partial charge is 0.454 e. The Morgan fingerprint density at radius 3 is 2.30 bits per heavy atom. The van der Waals surface area contributed by atoms with Crippen molar-refractivity contribution in [1.29, 1.82) is 0 Å². The number of hydrogen-bond donors (Lipinski definition) is 0. The molecule has 3 nitrogen and oxygen atoms in total. The summed E-state index contributed by atoms with van der Waals surface area (Å²) < 4.78 is 10.7. The Hall–Kier alpha value is -3.07. The summed E-state index contributed by atoms with van der Waals surface area (Å²) in [5.41, 5.74) is 4.32. The summed E-state index contributed by atoms with van der Waals surface area (Å²) >= 11 is 0. The molecule has 0 N–H and O–H groups in total. The van der Waals surface area contributed by atoms with Crippen molar-refractivity contribution in [2.24, 2.45) is 4.99 Å². The van der Waals surface area contributed by atoms with E-state index < -0.39 is 0 Å². The van der Waals surface area contributed by atoms with Gasteiger partial charge in [-0.15, -0.1) is 0 Å². The molecule has 0 unspecified atom stereocenters. The van der Waals surface area contributed by atoms with Crippen molar-refractivity contribution < 1.29 is 9.47 Å². The lowest BCUT2D eigenvalue weighted by atomic mass is 10.0. The van der Waals surface area contributed by atoms with Gasteiger partial charge in [-0.05, 0) is 28.8 Å². The molecule has 0 radical (unpaired) electrons. The van der Waals surface area contributed by atoms with Gasteiger partial charge in [0.25, 0.3) is 0 Å². The Bertz CT molecular complexity index is 839. The van der Waals surface area contributed by atoms with E-state index in [1.807, 2.05) is 42.6 Å². The molecule has 0 aromatic heterocycles. The fraction of sp³-hybridized carbons (Fsp3) is 0.0500. The molecule has 0 aliphatic carbocycles. The predicted octanol–water partition coefficient (Wildman–Crippen LogP) is 4.83. The Labute approximate surface area is 134 Å². The SMILES string of the molecule is C(=Nc1ccc2c(c1)OCO2)c1ccc(-c2ccccc2)cc1. The van der Waals surface area contributed by atoms with Crippen LogP contribution in [0, 0.1) is 0 Å². The molecule has 4 rings (SSSR count). The van der Waals surface area contributed by atoms with Gasteiger partial charge in [-0.3, -0.25) is 4.99 Å². The number of fused-ring (bicyclic) bond motifs is 1. The Morgan fingerprint density at radius 2 is 1.48 bits per heavy atom. The molecule has 1 aliphatic heterocycles. The quantitative estimate of drug-likeness (QED) is 0.648. The highest BCUT2D eigenvalue weighted by atomic mass is 16.7. The topological polar surface area (TPSA) is 30.8 Å². The standard InChI is InChI=1S/C20H15NO2/c1-2-4-16(5-3-1)17-8-6-15(7-9-17)13-21-18-10-11-19-20(12-18)23-14-22-19/h1-13H,14H2. The summed E-state index contributed by atoms with van der Waals surface area (Å²) in [6, 6.07) is 24.4. The molecule has 0 saturated carbocycles. The fourth-order valence-electron chi connectivity index (χ4n) is 2.51. The van der Waals surface area contributed by atoms with Gasteiger partial charge in [0, 0.05) is 12.3 Å². The lowest BCUT2D eigenvalue weighted by Gasteiger charge is -2.02. The van der Waals surface area contributed by atoms with E-state index in [1.165, 1.54) is 11.1 Å². The van der Waals surface area contributed by atoms with Crippen LogP contribution in [-0.2, 0) is 0 Å². The van der Waals surface area contributed by atoms with Crippen LogP contribution < -0.4 is 9.47 Å². The molecule has 3 aromatic rings. The number of aliphatic imine (C=N–C) groups is 1. The van der Waals surface area contributed by atoms with Gasteiger partial charge in [0.1, 0.15) is 0 Å². The number of benzene rings is 3. The third-order valence-electron chi connectivity index (χ3n) is 3.74. The van der Waals surface area contributed by atoms with E-state index in [0.717, 1.165) is 22.7 Å². The van der Waals surface area contributed by atoms with E-state index >= 15 is 0 Å². The first-order valence-corrected chi connectivity index (χ1v) is 7.48. The van der Waals surface area contributed by atoms with Gasteiger partial charge < -0.3 is 9.47 Å². The van der Waals surface area contributed by atoms with E-state index in [4.69, 9.17) is 9.47 Å². The number of nitrogens with zero attached hydrogens (tertiary/aromatic N) is 1. The van der Waals surface area contributed by atoms with Gasteiger partial charge in [0.15, 0.2) is 11.5 Å². The smallest absolute Gasteiger partial charge is 0.231 e. The lowest BCUT2D eigenvalue weighted by molar-refractivity contribution is 0.174. The first-order valence-electron chi connectivity index (χ1n) is 7.48. The van der Waals surface area contributed by atoms with Gasteiger partial charge in [0.05, 0.1) is 5.69 Å². The van der Waals surface area contributed by atoms with E-state index in [9.17, 15) is 0 Å². The highest BCUT2D eigenvalue weighted by Gasteiger charge is 2.12. The zero-order valence-electron chi connectivity index (χ0n) is 12.5. The highest BCUT2D eigenvalue weighted by Crippen LogP contribution is 2.35. The average molecular weight is 301 g/mol. The molecule has 23 heavy (non-hydrogen) atoms. The molecule has 3 aromatic carbocycles. The summed E-state index contributed by atoms with van der Waals surface area (Å²) in [7, 11) is 0. The molecule has 1 aliphatic rings. The zero-order chi connectivity index (χ0) is 15.5. The number of ether oxygens (including phenoxy) is 2. The molecule has 0 bridgehead atoms. The van der Waals surface area contributed by atoms with E-state index in [1.54, 1.807) is 0 Å². The third-order valence-corrected chi connectivity index (χ3v) is 3.74. The second-order valence-corrected chi connectivity index (χ2v) is 5.28. The maximum absolute atomic E-state index is 5.36. The molecule has 0 amide bonds. The fourth-order valence-corrected chi connectivity index (χ4v) is 2.51. The minimum Gasteiger partial charge on any atom is -0.454 e. The molecular formula is C20H15NO2. The first-order chi connectivity index (χ1) is 11.4. The van der Waals surface area contributed by atoms with Gasteiger partial charge in [-0.25, -0.2) is 0 Å². The Balaban J connectivity index is 1.53. The van der Waals surface area contributed by atoms with Crippen LogP contribution in [0.1, 0.15) is 5.56 Å². The lowest BCUT2D eigenvalue weighted by Crippen LogP contribution is -1.92. The molecular weight excluding hydrogens is 286 g/mol. The maximum Gasteiger partial charge on any atom is 0.231 e. The van der Waals surface area contributed by atoms with Gasteiger partial charge in [-0.1, -0.05) is 54.6 Å². The van der Waals surface area contributed by atoms with Crippen LogP contribution in [0.5, 0.6) is 11.5 Å². The average Bonchev–Trinajstić information content (AvgIpc) is 3.09. The number of hydrogen-bond acceptors (Lipinski definition) is 3. The van der Waals surface area contributed by atoms with E-state index in [2.05, 4.69) is 41.4 Å². The van der Waals surface area contributed by atoms with Crippen LogP contribution in [0.4, 0.5) is 5.69 Å². The molecule has 1 heterocycles. The van der Waals surface area contributed by atoms with Crippen LogP contribution >= 0.6 is 0 Å².